The third-order valence-electron chi connectivity index (χ3n) is 4.39. The van der Waals surface area contributed by atoms with Crippen molar-refractivity contribution in [1.82, 2.24) is 9.55 Å². The highest BCUT2D eigenvalue weighted by Gasteiger charge is 2.25. The zero-order chi connectivity index (χ0) is 14.3. The lowest BCUT2D eigenvalue weighted by atomic mass is 9.87. The molecule has 0 N–H and O–H groups in total. The number of imidazole rings is 1. The van der Waals surface area contributed by atoms with E-state index in [1.54, 1.807) is 0 Å². The van der Waals surface area contributed by atoms with Gasteiger partial charge in [0.1, 0.15) is 5.82 Å². The first-order valence-corrected chi connectivity index (χ1v) is 8.60. The molecule has 0 spiro atoms. The highest BCUT2D eigenvalue weighted by atomic mass is 79.9. The van der Waals surface area contributed by atoms with Crippen LogP contribution in [0.3, 0.4) is 0 Å². The van der Waals surface area contributed by atoms with Crippen LogP contribution in [0.5, 0.6) is 0 Å². The van der Waals surface area contributed by atoms with Gasteiger partial charge in [0.05, 0.1) is 16.4 Å². The number of alkyl halides is 1. The molecule has 1 aliphatic rings. The SMILES string of the molecule is CC1CCC(n2c(C(C)Cl)nc3ccc(Br)cc32)CC1. The normalized spacial score (nSPS) is 25.0. The molecule has 0 aliphatic heterocycles. The molecule has 1 heterocycles. The average Bonchev–Trinajstić information content (AvgIpc) is 2.78. The monoisotopic (exact) mass is 354 g/mol. The van der Waals surface area contributed by atoms with Crippen molar-refractivity contribution in [2.75, 3.05) is 0 Å². The van der Waals surface area contributed by atoms with Gasteiger partial charge in [-0.2, -0.15) is 0 Å². The quantitative estimate of drug-likeness (QED) is 0.618. The van der Waals surface area contributed by atoms with E-state index >= 15 is 0 Å². The van der Waals surface area contributed by atoms with Crippen molar-refractivity contribution in [3.63, 3.8) is 0 Å². The van der Waals surface area contributed by atoms with E-state index in [0.717, 1.165) is 21.7 Å². The Labute approximate surface area is 133 Å². The Morgan fingerprint density at radius 2 is 2.00 bits per heavy atom. The summed E-state index contributed by atoms with van der Waals surface area (Å²) in [6.07, 6.45) is 5.06. The van der Waals surface area contributed by atoms with Crippen LogP contribution in [-0.2, 0) is 0 Å². The van der Waals surface area contributed by atoms with E-state index < -0.39 is 0 Å². The number of nitrogens with zero attached hydrogens (tertiary/aromatic N) is 2. The first-order chi connectivity index (χ1) is 9.56. The predicted molar refractivity (Wildman–Crippen MR) is 88.4 cm³/mol. The minimum atomic E-state index is -0.0551. The number of hydrogen-bond donors (Lipinski definition) is 0. The standard InChI is InChI=1S/C16H20BrClN2/c1-10-3-6-13(7-4-10)20-15-9-12(17)5-8-14(15)19-16(20)11(2)18/h5,8-11,13H,3-4,6-7H2,1-2H3. The second-order valence-corrected chi connectivity index (χ2v) is 7.57. The third kappa shape index (κ3) is 2.62. The van der Waals surface area contributed by atoms with Gasteiger partial charge in [-0.1, -0.05) is 22.9 Å². The number of halogens is 2. The van der Waals surface area contributed by atoms with E-state index in [1.807, 2.05) is 13.0 Å². The molecule has 1 unspecified atom stereocenters. The summed E-state index contributed by atoms with van der Waals surface area (Å²) >= 11 is 9.94. The number of rotatable bonds is 2. The van der Waals surface area contributed by atoms with Gasteiger partial charge in [-0.25, -0.2) is 4.98 Å². The largest absolute Gasteiger partial charge is 0.324 e. The molecule has 1 aromatic carbocycles. The molecule has 4 heteroatoms. The van der Waals surface area contributed by atoms with Gasteiger partial charge in [-0.15, -0.1) is 11.6 Å². The van der Waals surface area contributed by atoms with E-state index in [1.165, 1.54) is 31.2 Å². The maximum Gasteiger partial charge on any atom is 0.127 e. The van der Waals surface area contributed by atoms with Crippen LogP contribution in [0.2, 0.25) is 0 Å². The highest BCUT2D eigenvalue weighted by molar-refractivity contribution is 9.10. The summed E-state index contributed by atoms with van der Waals surface area (Å²) in [7, 11) is 0. The lowest BCUT2D eigenvalue weighted by molar-refractivity contribution is 0.289. The number of benzene rings is 1. The summed E-state index contributed by atoms with van der Waals surface area (Å²) < 4.78 is 3.49. The number of hydrogen-bond acceptors (Lipinski definition) is 1. The van der Waals surface area contributed by atoms with Gasteiger partial charge in [-0.05, 0) is 56.7 Å². The van der Waals surface area contributed by atoms with Gasteiger partial charge in [0.2, 0.25) is 0 Å². The molecule has 0 saturated heterocycles. The molecule has 0 bridgehead atoms. The van der Waals surface area contributed by atoms with Crippen molar-refractivity contribution in [2.24, 2.45) is 5.92 Å². The van der Waals surface area contributed by atoms with E-state index in [4.69, 9.17) is 16.6 Å². The minimum absolute atomic E-state index is 0.0551. The average molecular weight is 356 g/mol. The Bertz CT molecular complexity index is 612. The van der Waals surface area contributed by atoms with Gasteiger partial charge in [0, 0.05) is 10.5 Å². The van der Waals surface area contributed by atoms with Crippen LogP contribution in [0, 0.1) is 5.92 Å². The van der Waals surface area contributed by atoms with Crippen LogP contribution in [0.15, 0.2) is 22.7 Å². The molecule has 1 saturated carbocycles. The third-order valence-corrected chi connectivity index (χ3v) is 5.07. The first kappa shape index (κ1) is 14.4. The van der Waals surface area contributed by atoms with Crippen molar-refractivity contribution in [1.29, 1.82) is 0 Å². The van der Waals surface area contributed by atoms with Crippen molar-refractivity contribution < 1.29 is 0 Å². The molecule has 1 atom stereocenters. The molecule has 1 aromatic heterocycles. The van der Waals surface area contributed by atoms with Gasteiger partial charge in [0.15, 0.2) is 0 Å². The molecular formula is C16H20BrClN2. The maximum atomic E-state index is 6.37. The fraction of sp³-hybridized carbons (Fsp3) is 0.562. The maximum absolute atomic E-state index is 6.37. The molecule has 1 aliphatic carbocycles. The molecule has 0 amide bonds. The summed E-state index contributed by atoms with van der Waals surface area (Å²) in [5.41, 5.74) is 2.26. The lowest BCUT2D eigenvalue weighted by Crippen LogP contribution is -2.19. The van der Waals surface area contributed by atoms with E-state index in [2.05, 4.69) is 39.6 Å². The Hall–Kier alpha value is -0.540. The fourth-order valence-corrected chi connectivity index (χ4v) is 3.75. The van der Waals surface area contributed by atoms with E-state index in [-0.39, 0.29) is 5.38 Å². The van der Waals surface area contributed by atoms with Gasteiger partial charge in [0.25, 0.3) is 0 Å². The summed E-state index contributed by atoms with van der Waals surface area (Å²) in [5.74, 6) is 1.86. The zero-order valence-corrected chi connectivity index (χ0v) is 14.3. The van der Waals surface area contributed by atoms with Crippen LogP contribution in [0.25, 0.3) is 11.0 Å². The fourth-order valence-electron chi connectivity index (χ4n) is 3.25. The van der Waals surface area contributed by atoms with Crippen molar-refractivity contribution >= 4 is 38.6 Å². The molecule has 1 fully saturated rings. The van der Waals surface area contributed by atoms with Crippen LogP contribution in [0.1, 0.15) is 56.8 Å². The Morgan fingerprint density at radius 1 is 1.30 bits per heavy atom. The topological polar surface area (TPSA) is 17.8 Å². The molecule has 3 rings (SSSR count). The minimum Gasteiger partial charge on any atom is -0.324 e. The van der Waals surface area contributed by atoms with E-state index in [9.17, 15) is 0 Å². The molecule has 20 heavy (non-hydrogen) atoms. The second kappa shape index (κ2) is 5.69. The number of aromatic nitrogens is 2. The first-order valence-electron chi connectivity index (χ1n) is 7.37. The summed E-state index contributed by atoms with van der Waals surface area (Å²) in [6, 6.07) is 6.83. The molecular weight excluding hydrogens is 336 g/mol. The predicted octanol–water partition coefficient (Wildman–Crippen LogP) is 5.85. The molecule has 2 nitrogen and oxygen atoms in total. The molecule has 2 aromatic rings. The Kier molecular flexibility index (Phi) is 4.09. The van der Waals surface area contributed by atoms with Gasteiger partial charge >= 0.3 is 0 Å². The molecule has 108 valence electrons. The van der Waals surface area contributed by atoms with Crippen molar-refractivity contribution in [3.8, 4) is 0 Å². The van der Waals surface area contributed by atoms with Crippen LogP contribution < -0.4 is 0 Å². The Morgan fingerprint density at radius 3 is 2.65 bits per heavy atom. The van der Waals surface area contributed by atoms with Crippen molar-refractivity contribution in [3.05, 3.63) is 28.5 Å². The van der Waals surface area contributed by atoms with Crippen LogP contribution in [0.4, 0.5) is 0 Å². The van der Waals surface area contributed by atoms with Gasteiger partial charge < -0.3 is 4.57 Å². The molecule has 0 radical (unpaired) electrons. The summed E-state index contributed by atoms with van der Waals surface area (Å²) in [5, 5.41) is -0.0551. The Balaban J connectivity index is 2.10. The van der Waals surface area contributed by atoms with E-state index in [0.29, 0.717) is 6.04 Å². The zero-order valence-electron chi connectivity index (χ0n) is 11.9. The number of fused-ring (bicyclic) bond motifs is 1. The highest BCUT2D eigenvalue weighted by Crippen LogP contribution is 2.37. The van der Waals surface area contributed by atoms with Crippen LogP contribution in [-0.4, -0.2) is 9.55 Å². The summed E-state index contributed by atoms with van der Waals surface area (Å²) in [6.45, 7) is 4.36. The second-order valence-electron chi connectivity index (χ2n) is 6.00. The van der Waals surface area contributed by atoms with Crippen LogP contribution >= 0.6 is 27.5 Å². The lowest BCUT2D eigenvalue weighted by Gasteiger charge is -2.29. The summed E-state index contributed by atoms with van der Waals surface area (Å²) in [4.78, 5) is 4.76. The smallest absolute Gasteiger partial charge is 0.127 e. The van der Waals surface area contributed by atoms with Gasteiger partial charge in [-0.3, -0.25) is 0 Å². The van der Waals surface area contributed by atoms with Crippen molar-refractivity contribution in [2.45, 2.75) is 50.9 Å².